The van der Waals surface area contributed by atoms with Crippen LogP contribution < -0.4 is 5.56 Å². The van der Waals surface area contributed by atoms with E-state index in [0.717, 1.165) is 4.57 Å². The van der Waals surface area contributed by atoms with E-state index in [1.54, 1.807) is 0 Å². The first kappa shape index (κ1) is 9.24. The number of carboxylic acid groups (broad SMARTS) is 1. The summed E-state index contributed by atoms with van der Waals surface area (Å²) in [6.45, 7) is 1.48. The topological polar surface area (TPSA) is 92.4 Å². The van der Waals surface area contributed by atoms with Gasteiger partial charge in [0.05, 0.1) is 0 Å². The third kappa shape index (κ3) is 1.37. The highest BCUT2D eigenvalue weighted by molar-refractivity contribution is 5.88. The molecule has 0 atom stereocenters. The molecule has 0 saturated carbocycles. The molecule has 6 heteroatoms. The molecule has 13 heavy (non-hydrogen) atoms. The highest BCUT2D eigenvalue weighted by Gasteiger charge is 2.16. The van der Waals surface area contributed by atoms with E-state index in [4.69, 9.17) is 10.2 Å². The molecule has 0 radical (unpaired) electrons. The summed E-state index contributed by atoms with van der Waals surface area (Å²) in [5.74, 6) is -2.01. The van der Waals surface area contributed by atoms with Crippen LogP contribution in [0.15, 0.2) is 4.79 Å². The van der Waals surface area contributed by atoms with Crippen LogP contribution in [0.4, 0.5) is 0 Å². The smallest absolute Gasteiger partial charge is 0.358 e. The third-order valence-corrected chi connectivity index (χ3v) is 1.69. The van der Waals surface area contributed by atoms with Gasteiger partial charge in [-0.05, 0) is 6.92 Å². The van der Waals surface area contributed by atoms with Crippen LogP contribution in [0.3, 0.4) is 0 Å². The molecule has 70 valence electrons. The van der Waals surface area contributed by atoms with Crippen LogP contribution >= 0.6 is 0 Å². The lowest BCUT2D eigenvalue weighted by molar-refractivity contribution is 0.0685. The predicted octanol–water partition coefficient (Wildman–Crippen LogP) is -0.507. The van der Waals surface area contributed by atoms with E-state index in [1.165, 1.54) is 14.0 Å². The van der Waals surface area contributed by atoms with Crippen LogP contribution in [0.5, 0.6) is 5.75 Å². The van der Waals surface area contributed by atoms with Gasteiger partial charge in [0.25, 0.3) is 5.56 Å². The predicted molar refractivity (Wildman–Crippen MR) is 42.8 cm³/mol. The third-order valence-electron chi connectivity index (χ3n) is 1.69. The van der Waals surface area contributed by atoms with Gasteiger partial charge in [0, 0.05) is 7.05 Å². The van der Waals surface area contributed by atoms with Crippen LogP contribution in [0.25, 0.3) is 0 Å². The van der Waals surface area contributed by atoms with Gasteiger partial charge >= 0.3 is 5.97 Å². The summed E-state index contributed by atoms with van der Waals surface area (Å²) in [7, 11) is 1.40. The molecule has 0 amide bonds. The van der Waals surface area contributed by atoms with Gasteiger partial charge in [-0.15, -0.1) is 0 Å². The minimum atomic E-state index is -1.42. The minimum absolute atomic E-state index is 0.236. The summed E-state index contributed by atoms with van der Waals surface area (Å²) in [5, 5.41) is 17.6. The second-order valence-electron chi connectivity index (χ2n) is 2.53. The summed E-state index contributed by atoms with van der Waals surface area (Å²) in [4.78, 5) is 25.1. The normalized spacial score (nSPS) is 10.0. The summed E-state index contributed by atoms with van der Waals surface area (Å²) in [6, 6.07) is 0. The molecule has 1 aromatic heterocycles. The average molecular weight is 184 g/mol. The molecule has 6 nitrogen and oxygen atoms in total. The van der Waals surface area contributed by atoms with Crippen molar-refractivity contribution in [3.63, 3.8) is 0 Å². The molecule has 0 aliphatic rings. The lowest BCUT2D eigenvalue weighted by Crippen LogP contribution is -2.23. The highest BCUT2D eigenvalue weighted by Crippen LogP contribution is 2.07. The molecule has 0 saturated heterocycles. The van der Waals surface area contributed by atoms with Gasteiger partial charge in [-0.3, -0.25) is 9.36 Å². The number of hydrogen-bond acceptors (Lipinski definition) is 4. The Hall–Kier alpha value is -1.85. The summed E-state index contributed by atoms with van der Waals surface area (Å²) >= 11 is 0. The van der Waals surface area contributed by atoms with Gasteiger partial charge in [0.1, 0.15) is 5.82 Å². The lowest BCUT2D eigenvalue weighted by Gasteiger charge is -2.04. The van der Waals surface area contributed by atoms with Crippen molar-refractivity contribution >= 4 is 5.97 Å². The summed E-state index contributed by atoms with van der Waals surface area (Å²) < 4.78 is 1.07. The molecule has 0 fully saturated rings. The molecule has 1 rings (SSSR count). The highest BCUT2D eigenvalue weighted by atomic mass is 16.4. The second-order valence-corrected chi connectivity index (χ2v) is 2.53. The fourth-order valence-electron chi connectivity index (χ4n) is 0.846. The molecule has 1 heterocycles. The number of aromatic carboxylic acids is 1. The first-order valence-electron chi connectivity index (χ1n) is 3.45. The molecular weight excluding hydrogens is 176 g/mol. The van der Waals surface area contributed by atoms with E-state index in [0.29, 0.717) is 0 Å². The Kier molecular flexibility index (Phi) is 2.05. The number of aromatic hydroxyl groups is 1. The van der Waals surface area contributed by atoms with Crippen LogP contribution in [-0.4, -0.2) is 25.7 Å². The molecule has 0 bridgehead atoms. The van der Waals surface area contributed by atoms with Gasteiger partial charge in [-0.1, -0.05) is 0 Å². The molecule has 0 aliphatic carbocycles. The van der Waals surface area contributed by atoms with Crippen LogP contribution in [-0.2, 0) is 7.05 Å². The molecule has 1 aromatic rings. The lowest BCUT2D eigenvalue weighted by atomic mass is 10.3. The van der Waals surface area contributed by atoms with E-state index in [2.05, 4.69) is 4.98 Å². The van der Waals surface area contributed by atoms with Crippen LogP contribution in [0.2, 0.25) is 0 Å². The zero-order valence-corrected chi connectivity index (χ0v) is 7.11. The Labute approximate surface area is 73.1 Å². The number of hydrogen-bond donors (Lipinski definition) is 2. The van der Waals surface area contributed by atoms with Gasteiger partial charge in [0.2, 0.25) is 5.75 Å². The van der Waals surface area contributed by atoms with Crippen molar-refractivity contribution in [3.8, 4) is 5.75 Å². The maximum absolute atomic E-state index is 11.1. The SMILES string of the molecule is Cc1nc(C(=O)O)c(O)c(=O)n1C. The number of aryl methyl sites for hydroxylation is 1. The average Bonchev–Trinajstić information content (AvgIpc) is 2.07. The monoisotopic (exact) mass is 184 g/mol. The quantitative estimate of drug-likeness (QED) is 0.613. The van der Waals surface area contributed by atoms with E-state index in [9.17, 15) is 9.59 Å². The molecule has 0 unspecified atom stereocenters. The van der Waals surface area contributed by atoms with E-state index in [1.807, 2.05) is 0 Å². The first-order valence-corrected chi connectivity index (χ1v) is 3.45. The van der Waals surface area contributed by atoms with Crippen LogP contribution in [0, 0.1) is 6.92 Å². The number of nitrogens with zero attached hydrogens (tertiary/aromatic N) is 2. The molecule has 0 aliphatic heterocycles. The maximum atomic E-state index is 11.1. The van der Waals surface area contributed by atoms with Gasteiger partial charge in [-0.2, -0.15) is 0 Å². The first-order chi connectivity index (χ1) is 5.95. The Morgan fingerprint density at radius 1 is 1.54 bits per heavy atom. The maximum Gasteiger partial charge on any atom is 0.358 e. The van der Waals surface area contributed by atoms with Crippen molar-refractivity contribution in [2.24, 2.45) is 7.05 Å². The minimum Gasteiger partial charge on any atom is -0.501 e. The van der Waals surface area contributed by atoms with E-state index < -0.39 is 23.0 Å². The molecule has 0 spiro atoms. The van der Waals surface area contributed by atoms with Crippen molar-refractivity contribution < 1.29 is 15.0 Å². The zero-order chi connectivity index (χ0) is 10.2. The zero-order valence-electron chi connectivity index (χ0n) is 7.11. The fraction of sp³-hybridized carbons (Fsp3) is 0.286. The van der Waals surface area contributed by atoms with Gasteiger partial charge < -0.3 is 10.2 Å². The second kappa shape index (κ2) is 2.89. The Morgan fingerprint density at radius 2 is 2.08 bits per heavy atom. The number of carboxylic acids is 1. The number of rotatable bonds is 1. The van der Waals surface area contributed by atoms with Gasteiger partial charge in [-0.25, -0.2) is 9.78 Å². The van der Waals surface area contributed by atoms with E-state index in [-0.39, 0.29) is 5.82 Å². The molecule has 0 aromatic carbocycles. The molecule has 2 N–H and O–H groups in total. The number of aromatic nitrogens is 2. The Bertz CT molecular complexity index is 421. The van der Waals surface area contributed by atoms with Crippen molar-refractivity contribution in [1.82, 2.24) is 9.55 Å². The summed E-state index contributed by atoms with van der Waals surface area (Å²) in [5.41, 5.74) is -1.37. The number of carbonyl (C=O) groups is 1. The Balaban J connectivity index is 3.60. The van der Waals surface area contributed by atoms with Crippen molar-refractivity contribution in [2.75, 3.05) is 0 Å². The van der Waals surface area contributed by atoms with Crippen molar-refractivity contribution in [1.29, 1.82) is 0 Å². The Morgan fingerprint density at radius 3 is 2.54 bits per heavy atom. The standard InChI is InChI=1S/C7H8N2O4/c1-3-8-4(7(12)13)5(10)6(11)9(3)2/h10H,1-2H3,(H,12,13). The van der Waals surface area contributed by atoms with Crippen LogP contribution in [0.1, 0.15) is 16.3 Å². The van der Waals surface area contributed by atoms with Crippen molar-refractivity contribution in [2.45, 2.75) is 6.92 Å². The fourth-order valence-corrected chi connectivity index (χ4v) is 0.846. The molecular formula is C7H8N2O4. The largest absolute Gasteiger partial charge is 0.501 e. The van der Waals surface area contributed by atoms with E-state index >= 15 is 0 Å². The van der Waals surface area contributed by atoms with Crippen molar-refractivity contribution in [3.05, 3.63) is 21.9 Å². The van der Waals surface area contributed by atoms with Gasteiger partial charge in [0.15, 0.2) is 5.69 Å². The summed E-state index contributed by atoms with van der Waals surface area (Å²) in [6.07, 6.45) is 0.